The van der Waals surface area contributed by atoms with Gasteiger partial charge >= 0.3 is 0 Å². The Balaban J connectivity index is 2.02. The van der Waals surface area contributed by atoms with Crippen LogP contribution in [0.4, 0.5) is 0 Å². The van der Waals surface area contributed by atoms with Crippen LogP contribution in [-0.4, -0.2) is 18.5 Å². The molecule has 2 aromatic carbocycles. The topological polar surface area (TPSA) is 67.3 Å². The Bertz CT molecular complexity index is 1260. The molecule has 136 valence electrons. The number of rotatable bonds is 3. The molecule has 0 aliphatic carbocycles. The number of benzene rings is 2. The molecule has 4 aromatic rings. The van der Waals surface area contributed by atoms with Crippen LogP contribution in [0.5, 0.6) is 5.75 Å². The summed E-state index contributed by atoms with van der Waals surface area (Å²) in [6, 6.07) is 15.1. The summed E-state index contributed by atoms with van der Waals surface area (Å²) in [6.07, 6.45) is 1.64. The number of thiophene rings is 1. The second kappa shape index (κ2) is 6.64. The lowest BCUT2D eigenvalue weighted by Crippen LogP contribution is -2.01. The third kappa shape index (κ3) is 3.10. The Morgan fingerprint density at radius 2 is 1.81 bits per heavy atom. The monoisotopic (exact) mass is 415 g/mol. The molecule has 4 rings (SSSR count). The van der Waals surface area contributed by atoms with Crippen molar-refractivity contribution in [2.24, 2.45) is 0 Å². The summed E-state index contributed by atoms with van der Waals surface area (Å²) in [5.41, 5.74) is 1.96. The zero-order valence-corrected chi connectivity index (χ0v) is 16.6. The van der Waals surface area contributed by atoms with E-state index in [1.807, 2.05) is 6.07 Å². The van der Waals surface area contributed by atoms with Gasteiger partial charge in [-0.05, 0) is 54.4 Å². The molecule has 27 heavy (non-hydrogen) atoms. The van der Waals surface area contributed by atoms with E-state index in [4.69, 9.17) is 11.6 Å². The minimum Gasteiger partial charge on any atom is -0.508 e. The van der Waals surface area contributed by atoms with E-state index in [0.717, 1.165) is 22.3 Å². The van der Waals surface area contributed by atoms with Crippen molar-refractivity contribution in [1.29, 1.82) is 0 Å². The van der Waals surface area contributed by atoms with Gasteiger partial charge in [-0.1, -0.05) is 29.8 Å². The SMILES string of the molecule is Cc1ccc(S(=O)(=O)c2sc3ncccc3c2-c2ccc(Cl)cc2)cc1O. The van der Waals surface area contributed by atoms with Crippen molar-refractivity contribution < 1.29 is 13.5 Å². The van der Waals surface area contributed by atoms with Crippen LogP contribution < -0.4 is 0 Å². The first-order valence-corrected chi connectivity index (χ1v) is 10.7. The molecule has 0 fully saturated rings. The van der Waals surface area contributed by atoms with Crippen LogP contribution in [0.25, 0.3) is 21.3 Å². The maximum absolute atomic E-state index is 13.4. The van der Waals surface area contributed by atoms with Gasteiger partial charge in [-0.2, -0.15) is 0 Å². The molecule has 0 saturated heterocycles. The number of phenolic OH excluding ortho intramolecular Hbond substituents is 1. The second-order valence-electron chi connectivity index (χ2n) is 6.08. The number of fused-ring (bicyclic) bond motifs is 1. The highest BCUT2D eigenvalue weighted by Gasteiger charge is 2.27. The summed E-state index contributed by atoms with van der Waals surface area (Å²) in [7, 11) is -3.84. The quantitative estimate of drug-likeness (QED) is 0.482. The molecule has 0 aliphatic heterocycles. The van der Waals surface area contributed by atoms with Crippen LogP contribution in [0.15, 0.2) is 69.9 Å². The predicted octanol–water partition coefficient (Wildman–Crippen LogP) is 5.46. The van der Waals surface area contributed by atoms with Gasteiger partial charge < -0.3 is 5.11 Å². The smallest absolute Gasteiger partial charge is 0.216 e. The fraction of sp³-hybridized carbons (Fsp3) is 0.0500. The Morgan fingerprint density at radius 1 is 1.07 bits per heavy atom. The number of hydrogen-bond donors (Lipinski definition) is 1. The zero-order chi connectivity index (χ0) is 19.2. The van der Waals surface area contributed by atoms with Crippen molar-refractivity contribution in [2.75, 3.05) is 0 Å². The highest BCUT2D eigenvalue weighted by Crippen LogP contribution is 2.43. The lowest BCUT2D eigenvalue weighted by Gasteiger charge is -2.08. The normalized spacial score (nSPS) is 11.8. The first-order chi connectivity index (χ1) is 12.9. The van der Waals surface area contributed by atoms with E-state index in [-0.39, 0.29) is 14.9 Å². The van der Waals surface area contributed by atoms with E-state index in [1.165, 1.54) is 12.1 Å². The van der Waals surface area contributed by atoms with Gasteiger partial charge in [-0.15, -0.1) is 11.3 Å². The summed E-state index contributed by atoms with van der Waals surface area (Å²) in [6.45, 7) is 1.72. The Kier molecular flexibility index (Phi) is 4.42. The van der Waals surface area contributed by atoms with Gasteiger partial charge in [0.05, 0.1) is 4.90 Å². The summed E-state index contributed by atoms with van der Waals surface area (Å²) in [5, 5.41) is 11.3. The average Bonchev–Trinajstić information content (AvgIpc) is 3.05. The Labute approximate surface area is 165 Å². The van der Waals surface area contributed by atoms with Gasteiger partial charge in [0.15, 0.2) is 0 Å². The van der Waals surface area contributed by atoms with Gasteiger partial charge in [-0.25, -0.2) is 13.4 Å². The first kappa shape index (κ1) is 18.0. The maximum Gasteiger partial charge on any atom is 0.216 e. The highest BCUT2D eigenvalue weighted by atomic mass is 35.5. The molecule has 2 heterocycles. The lowest BCUT2D eigenvalue weighted by atomic mass is 10.1. The number of hydrogen-bond acceptors (Lipinski definition) is 5. The second-order valence-corrected chi connectivity index (χ2v) is 9.66. The number of aromatic nitrogens is 1. The van der Waals surface area contributed by atoms with Crippen molar-refractivity contribution in [3.05, 3.63) is 71.4 Å². The number of sulfone groups is 1. The van der Waals surface area contributed by atoms with Crippen LogP contribution in [-0.2, 0) is 9.84 Å². The molecule has 0 atom stereocenters. The summed E-state index contributed by atoms with van der Waals surface area (Å²) < 4.78 is 26.9. The van der Waals surface area contributed by atoms with Gasteiger partial charge in [0.1, 0.15) is 14.8 Å². The number of nitrogens with zero attached hydrogens (tertiary/aromatic N) is 1. The van der Waals surface area contributed by atoms with Crippen LogP contribution in [0.3, 0.4) is 0 Å². The third-order valence-electron chi connectivity index (χ3n) is 4.30. The van der Waals surface area contributed by atoms with E-state index in [1.54, 1.807) is 49.5 Å². The van der Waals surface area contributed by atoms with Crippen molar-refractivity contribution in [3.8, 4) is 16.9 Å². The Hall–Kier alpha value is -2.41. The summed E-state index contributed by atoms with van der Waals surface area (Å²) >= 11 is 7.11. The molecule has 0 unspecified atom stereocenters. The number of halogens is 1. The molecular formula is C20H14ClNO3S2. The van der Waals surface area contributed by atoms with E-state index in [9.17, 15) is 13.5 Å². The van der Waals surface area contributed by atoms with Crippen molar-refractivity contribution in [1.82, 2.24) is 4.98 Å². The number of phenols is 1. The fourth-order valence-electron chi connectivity index (χ4n) is 2.85. The number of aromatic hydroxyl groups is 1. The first-order valence-electron chi connectivity index (χ1n) is 8.06. The molecule has 0 spiro atoms. The number of aryl methyl sites for hydroxylation is 1. The van der Waals surface area contributed by atoms with Crippen molar-refractivity contribution in [3.63, 3.8) is 0 Å². The molecule has 0 amide bonds. The molecule has 1 N–H and O–H groups in total. The molecule has 7 heteroatoms. The summed E-state index contributed by atoms with van der Waals surface area (Å²) in [5.74, 6) is -0.0524. The minimum atomic E-state index is -3.84. The van der Waals surface area contributed by atoms with Gasteiger partial charge in [0.2, 0.25) is 9.84 Å². The minimum absolute atomic E-state index is 0.0485. The third-order valence-corrected chi connectivity index (χ3v) is 7.94. The number of pyridine rings is 1. The highest BCUT2D eigenvalue weighted by molar-refractivity contribution is 7.93. The predicted molar refractivity (Wildman–Crippen MR) is 108 cm³/mol. The molecule has 0 saturated carbocycles. The molecule has 4 nitrogen and oxygen atoms in total. The van der Waals surface area contributed by atoms with Gasteiger partial charge in [0.25, 0.3) is 0 Å². The van der Waals surface area contributed by atoms with Gasteiger partial charge in [-0.3, -0.25) is 0 Å². The zero-order valence-electron chi connectivity index (χ0n) is 14.2. The molecule has 2 aromatic heterocycles. The van der Waals surface area contributed by atoms with Crippen molar-refractivity contribution >= 4 is 43.0 Å². The van der Waals surface area contributed by atoms with Crippen molar-refractivity contribution in [2.45, 2.75) is 16.0 Å². The van der Waals surface area contributed by atoms with Crippen LogP contribution >= 0.6 is 22.9 Å². The largest absolute Gasteiger partial charge is 0.508 e. The average molecular weight is 416 g/mol. The maximum atomic E-state index is 13.4. The van der Waals surface area contributed by atoms with Crippen LogP contribution in [0.1, 0.15) is 5.56 Å². The van der Waals surface area contributed by atoms with E-state index in [0.29, 0.717) is 21.0 Å². The Morgan fingerprint density at radius 3 is 2.52 bits per heavy atom. The van der Waals surface area contributed by atoms with Gasteiger partial charge in [0, 0.05) is 22.2 Å². The fourth-order valence-corrected chi connectivity index (χ4v) is 6.07. The molecular weight excluding hydrogens is 402 g/mol. The standard InChI is InChI=1S/C20H14ClNO3S2/c1-12-4-9-15(11-17(12)23)27(24,25)20-18(13-5-7-14(21)8-6-13)16-3-2-10-22-19(16)26-20/h2-11,23H,1H3. The molecule has 0 aliphatic rings. The van der Waals surface area contributed by atoms with E-state index >= 15 is 0 Å². The van der Waals surface area contributed by atoms with E-state index < -0.39 is 9.84 Å². The van der Waals surface area contributed by atoms with Crippen LogP contribution in [0.2, 0.25) is 5.02 Å². The summed E-state index contributed by atoms with van der Waals surface area (Å²) in [4.78, 5) is 5.01. The lowest BCUT2D eigenvalue weighted by molar-refractivity contribution is 0.469. The van der Waals surface area contributed by atoms with Crippen LogP contribution in [0, 0.1) is 6.92 Å². The van der Waals surface area contributed by atoms with E-state index in [2.05, 4.69) is 4.98 Å². The molecule has 0 bridgehead atoms. The molecule has 0 radical (unpaired) electrons.